The standard InChI is InChI=1S/C8H12F3NS/c1-5(8(9,10)11)7(12)6-3-2-4-13-6/h6-7H,1-4,12H2. The molecule has 0 saturated carbocycles. The zero-order valence-corrected chi connectivity index (χ0v) is 7.92. The summed E-state index contributed by atoms with van der Waals surface area (Å²) in [6.45, 7) is 3.01. The Kier molecular flexibility index (Phi) is 3.29. The molecule has 0 amide bonds. The molecule has 1 saturated heterocycles. The van der Waals surface area contributed by atoms with Crippen LogP contribution in [0.5, 0.6) is 0 Å². The summed E-state index contributed by atoms with van der Waals surface area (Å²) < 4.78 is 36.5. The molecule has 0 aliphatic carbocycles. The third kappa shape index (κ3) is 2.64. The van der Waals surface area contributed by atoms with Crippen LogP contribution in [0.25, 0.3) is 0 Å². The minimum Gasteiger partial charge on any atom is -0.323 e. The van der Waals surface area contributed by atoms with E-state index in [-0.39, 0.29) is 5.25 Å². The van der Waals surface area contributed by atoms with E-state index >= 15 is 0 Å². The van der Waals surface area contributed by atoms with Crippen LogP contribution in [-0.2, 0) is 0 Å². The molecule has 2 atom stereocenters. The zero-order chi connectivity index (χ0) is 10.1. The van der Waals surface area contributed by atoms with Crippen molar-refractivity contribution in [3.05, 3.63) is 12.2 Å². The maximum Gasteiger partial charge on any atom is 0.413 e. The molecule has 1 rings (SSSR count). The Morgan fingerprint density at radius 3 is 2.54 bits per heavy atom. The first kappa shape index (κ1) is 10.9. The topological polar surface area (TPSA) is 26.0 Å². The molecule has 1 nitrogen and oxygen atoms in total. The van der Waals surface area contributed by atoms with Crippen LogP contribution in [0.4, 0.5) is 13.2 Å². The Morgan fingerprint density at radius 2 is 2.15 bits per heavy atom. The first-order chi connectivity index (χ1) is 5.93. The molecule has 0 bridgehead atoms. The van der Waals surface area contributed by atoms with Gasteiger partial charge >= 0.3 is 6.18 Å². The molecule has 5 heteroatoms. The number of halogens is 3. The number of alkyl halides is 3. The highest BCUT2D eigenvalue weighted by Gasteiger charge is 2.39. The van der Waals surface area contributed by atoms with Crippen LogP contribution >= 0.6 is 11.8 Å². The summed E-state index contributed by atoms with van der Waals surface area (Å²) in [5.74, 6) is 0.906. The molecule has 2 unspecified atom stereocenters. The number of rotatable bonds is 2. The van der Waals surface area contributed by atoms with Crippen molar-refractivity contribution in [1.29, 1.82) is 0 Å². The fraction of sp³-hybridized carbons (Fsp3) is 0.750. The van der Waals surface area contributed by atoms with Crippen LogP contribution < -0.4 is 5.73 Å². The molecule has 76 valence electrons. The Morgan fingerprint density at radius 1 is 1.54 bits per heavy atom. The van der Waals surface area contributed by atoms with Crippen LogP contribution in [0.3, 0.4) is 0 Å². The van der Waals surface area contributed by atoms with Gasteiger partial charge in [0.25, 0.3) is 0 Å². The lowest BCUT2D eigenvalue weighted by Gasteiger charge is -2.22. The number of hydrogen-bond donors (Lipinski definition) is 1. The lowest BCUT2D eigenvalue weighted by molar-refractivity contribution is -0.0951. The second kappa shape index (κ2) is 3.92. The van der Waals surface area contributed by atoms with Crippen LogP contribution in [0.1, 0.15) is 12.8 Å². The predicted octanol–water partition coefficient (Wildman–Crippen LogP) is 2.33. The highest BCUT2D eigenvalue weighted by Crippen LogP contribution is 2.35. The SMILES string of the molecule is C=C(C(N)C1CCCS1)C(F)(F)F. The maximum atomic E-state index is 12.2. The summed E-state index contributed by atoms with van der Waals surface area (Å²) in [5, 5.41) is -0.103. The third-order valence-corrected chi connectivity index (χ3v) is 3.61. The van der Waals surface area contributed by atoms with Gasteiger partial charge in [0.15, 0.2) is 0 Å². The summed E-state index contributed by atoms with van der Waals surface area (Å²) in [5.41, 5.74) is 4.67. The normalized spacial score (nSPS) is 26.0. The van der Waals surface area contributed by atoms with Crippen molar-refractivity contribution in [1.82, 2.24) is 0 Å². The van der Waals surface area contributed by atoms with Crippen LogP contribution in [0.15, 0.2) is 12.2 Å². The zero-order valence-electron chi connectivity index (χ0n) is 7.10. The van der Waals surface area contributed by atoms with E-state index in [9.17, 15) is 13.2 Å². The molecular formula is C8H12F3NS. The van der Waals surface area contributed by atoms with Crippen LogP contribution in [0.2, 0.25) is 0 Å². The van der Waals surface area contributed by atoms with Crippen molar-refractivity contribution in [3.8, 4) is 0 Å². The molecule has 1 aliphatic heterocycles. The van der Waals surface area contributed by atoms with Gasteiger partial charge in [0, 0.05) is 16.9 Å². The van der Waals surface area contributed by atoms with Gasteiger partial charge in [-0.1, -0.05) is 6.58 Å². The Balaban J connectivity index is 2.56. The fourth-order valence-corrected chi connectivity index (χ4v) is 2.64. The lowest BCUT2D eigenvalue weighted by atomic mass is 10.0. The van der Waals surface area contributed by atoms with Gasteiger partial charge in [-0.25, -0.2) is 0 Å². The van der Waals surface area contributed by atoms with Crippen LogP contribution in [-0.4, -0.2) is 23.2 Å². The third-order valence-electron chi connectivity index (χ3n) is 2.13. The molecule has 13 heavy (non-hydrogen) atoms. The molecular weight excluding hydrogens is 199 g/mol. The van der Waals surface area contributed by atoms with Gasteiger partial charge in [-0.2, -0.15) is 24.9 Å². The first-order valence-electron chi connectivity index (χ1n) is 4.06. The van der Waals surface area contributed by atoms with Gasteiger partial charge in [-0.3, -0.25) is 0 Å². The van der Waals surface area contributed by atoms with Gasteiger partial charge < -0.3 is 5.73 Å². The van der Waals surface area contributed by atoms with E-state index in [4.69, 9.17) is 5.73 Å². The Bertz CT molecular complexity index is 196. The van der Waals surface area contributed by atoms with Gasteiger partial charge in [0.1, 0.15) is 0 Å². The van der Waals surface area contributed by atoms with E-state index in [2.05, 4.69) is 6.58 Å². The van der Waals surface area contributed by atoms with Gasteiger partial charge in [-0.15, -0.1) is 0 Å². The quantitative estimate of drug-likeness (QED) is 0.709. The van der Waals surface area contributed by atoms with Gasteiger partial charge in [0.2, 0.25) is 0 Å². The van der Waals surface area contributed by atoms with Crippen molar-refractivity contribution in [2.24, 2.45) is 5.73 Å². The molecule has 1 heterocycles. The van der Waals surface area contributed by atoms with Crippen molar-refractivity contribution >= 4 is 11.8 Å². The Hall–Kier alpha value is -0.160. The number of hydrogen-bond acceptors (Lipinski definition) is 2. The highest BCUT2D eigenvalue weighted by atomic mass is 32.2. The monoisotopic (exact) mass is 211 g/mol. The first-order valence-corrected chi connectivity index (χ1v) is 5.11. The second-order valence-electron chi connectivity index (χ2n) is 3.10. The minimum atomic E-state index is -4.34. The number of nitrogens with two attached hydrogens (primary N) is 1. The molecule has 0 aromatic heterocycles. The smallest absolute Gasteiger partial charge is 0.323 e. The van der Waals surface area contributed by atoms with Crippen LogP contribution in [0, 0.1) is 0 Å². The molecule has 0 aromatic carbocycles. The van der Waals surface area contributed by atoms with E-state index in [0.717, 1.165) is 18.6 Å². The van der Waals surface area contributed by atoms with E-state index in [1.165, 1.54) is 11.8 Å². The summed E-state index contributed by atoms with van der Waals surface area (Å²) in [6, 6.07) is -0.938. The lowest BCUT2D eigenvalue weighted by Crippen LogP contribution is -2.38. The molecule has 0 radical (unpaired) electrons. The van der Waals surface area contributed by atoms with E-state index in [1.807, 2.05) is 0 Å². The highest BCUT2D eigenvalue weighted by molar-refractivity contribution is 8.00. The van der Waals surface area contributed by atoms with E-state index < -0.39 is 17.8 Å². The summed E-state index contributed by atoms with van der Waals surface area (Å²) in [7, 11) is 0. The van der Waals surface area contributed by atoms with Crippen molar-refractivity contribution in [3.63, 3.8) is 0 Å². The van der Waals surface area contributed by atoms with E-state index in [0.29, 0.717) is 0 Å². The van der Waals surface area contributed by atoms with Gasteiger partial charge in [-0.05, 0) is 18.6 Å². The van der Waals surface area contributed by atoms with Crippen molar-refractivity contribution in [2.45, 2.75) is 30.3 Å². The summed E-state index contributed by atoms with van der Waals surface area (Å²) in [4.78, 5) is 0. The number of thioether (sulfide) groups is 1. The van der Waals surface area contributed by atoms with Gasteiger partial charge in [0.05, 0.1) is 0 Å². The molecule has 2 N–H and O–H groups in total. The summed E-state index contributed by atoms with van der Waals surface area (Å²) in [6.07, 6.45) is -2.63. The average molecular weight is 211 g/mol. The molecule has 0 aromatic rings. The fourth-order valence-electron chi connectivity index (χ4n) is 1.30. The second-order valence-corrected chi connectivity index (χ2v) is 4.45. The molecule has 1 aliphatic rings. The minimum absolute atomic E-state index is 0.103. The van der Waals surface area contributed by atoms with E-state index in [1.54, 1.807) is 0 Å². The largest absolute Gasteiger partial charge is 0.413 e. The molecule has 0 spiro atoms. The molecule has 1 fully saturated rings. The van der Waals surface area contributed by atoms with Crippen molar-refractivity contribution in [2.75, 3.05) is 5.75 Å². The summed E-state index contributed by atoms with van der Waals surface area (Å²) >= 11 is 1.51. The average Bonchev–Trinajstić information content (AvgIpc) is 2.51. The van der Waals surface area contributed by atoms with Crippen molar-refractivity contribution < 1.29 is 13.2 Å². The Labute approximate surface area is 79.6 Å². The predicted molar refractivity (Wildman–Crippen MR) is 48.7 cm³/mol. The maximum absolute atomic E-state index is 12.2.